The number of rotatable bonds is 6. The monoisotopic (exact) mass is 346 g/mol. The number of nitrogens with zero attached hydrogens (tertiary/aromatic N) is 1. The van der Waals surface area contributed by atoms with Crippen molar-refractivity contribution in [3.8, 4) is 5.75 Å². The number of hydrogen-bond acceptors (Lipinski definition) is 4. The van der Waals surface area contributed by atoms with Gasteiger partial charge in [-0.2, -0.15) is 0 Å². The van der Waals surface area contributed by atoms with Crippen molar-refractivity contribution in [1.29, 1.82) is 0 Å². The number of nitrogens with one attached hydrogen (secondary N) is 1. The zero-order chi connectivity index (χ0) is 18.1. The highest BCUT2D eigenvalue weighted by Gasteiger charge is 2.50. The fourth-order valence-corrected chi connectivity index (χ4v) is 3.37. The van der Waals surface area contributed by atoms with E-state index in [0.29, 0.717) is 5.75 Å². The fourth-order valence-electron chi connectivity index (χ4n) is 3.37. The van der Waals surface area contributed by atoms with Gasteiger partial charge in [0.15, 0.2) is 0 Å². The van der Waals surface area contributed by atoms with E-state index in [2.05, 4.69) is 5.32 Å². The third kappa shape index (κ3) is 3.45. The van der Waals surface area contributed by atoms with Crippen LogP contribution in [0.3, 0.4) is 0 Å². The van der Waals surface area contributed by atoms with Gasteiger partial charge in [-0.1, -0.05) is 12.1 Å². The number of hydrogen-bond donors (Lipinski definition) is 2. The maximum absolute atomic E-state index is 12.6. The van der Waals surface area contributed by atoms with Crippen LogP contribution in [0.15, 0.2) is 24.3 Å². The van der Waals surface area contributed by atoms with Crippen molar-refractivity contribution in [3.63, 3.8) is 0 Å². The lowest BCUT2D eigenvalue weighted by molar-refractivity contribution is -0.142. The van der Waals surface area contributed by atoms with Crippen LogP contribution < -0.4 is 10.1 Å². The molecule has 2 unspecified atom stereocenters. The Morgan fingerprint density at radius 3 is 2.68 bits per heavy atom. The van der Waals surface area contributed by atoms with E-state index in [9.17, 15) is 14.4 Å². The van der Waals surface area contributed by atoms with Crippen LogP contribution in [0.25, 0.3) is 0 Å². The summed E-state index contributed by atoms with van der Waals surface area (Å²) in [5, 5.41) is 11.5. The quantitative estimate of drug-likeness (QED) is 0.810. The molecule has 0 spiro atoms. The maximum atomic E-state index is 12.6. The second-order valence-electron chi connectivity index (χ2n) is 6.63. The van der Waals surface area contributed by atoms with Crippen LogP contribution in [0.2, 0.25) is 0 Å². The first-order valence-corrected chi connectivity index (χ1v) is 8.40. The van der Waals surface area contributed by atoms with Gasteiger partial charge in [0, 0.05) is 12.5 Å². The van der Waals surface area contributed by atoms with Gasteiger partial charge >= 0.3 is 5.97 Å². The van der Waals surface area contributed by atoms with E-state index in [1.54, 1.807) is 12.0 Å². The Morgan fingerprint density at radius 1 is 1.36 bits per heavy atom. The maximum Gasteiger partial charge on any atom is 0.325 e. The lowest BCUT2D eigenvalue weighted by Gasteiger charge is -2.29. The predicted molar refractivity (Wildman–Crippen MR) is 89.0 cm³/mol. The average Bonchev–Trinajstić information content (AvgIpc) is 3.36. The summed E-state index contributed by atoms with van der Waals surface area (Å²) < 4.78 is 5.26. The van der Waals surface area contributed by atoms with Crippen molar-refractivity contribution in [3.05, 3.63) is 29.8 Å². The summed E-state index contributed by atoms with van der Waals surface area (Å²) in [5.41, 5.74) is 0.834. The molecule has 1 aromatic carbocycles. The second-order valence-corrected chi connectivity index (χ2v) is 6.63. The van der Waals surface area contributed by atoms with Crippen molar-refractivity contribution in [2.75, 3.05) is 7.11 Å². The number of ether oxygens (including phenoxy) is 1. The molecule has 2 aliphatic rings. The third-order valence-electron chi connectivity index (χ3n) is 4.80. The van der Waals surface area contributed by atoms with Gasteiger partial charge < -0.3 is 20.1 Å². The van der Waals surface area contributed by atoms with Crippen LogP contribution in [-0.2, 0) is 14.4 Å². The summed E-state index contributed by atoms with van der Waals surface area (Å²) in [6.45, 7) is 1.41. The number of benzene rings is 1. The highest BCUT2D eigenvalue weighted by Crippen LogP contribution is 2.45. The minimum Gasteiger partial charge on any atom is -0.497 e. The zero-order valence-electron chi connectivity index (χ0n) is 14.3. The van der Waals surface area contributed by atoms with Crippen molar-refractivity contribution < 1.29 is 24.2 Å². The number of amides is 2. The van der Waals surface area contributed by atoms with Crippen LogP contribution in [-0.4, -0.2) is 47.0 Å². The van der Waals surface area contributed by atoms with Gasteiger partial charge in [-0.05, 0) is 37.5 Å². The zero-order valence-corrected chi connectivity index (χ0v) is 14.3. The molecule has 25 heavy (non-hydrogen) atoms. The van der Waals surface area contributed by atoms with E-state index in [1.165, 1.54) is 6.92 Å². The molecule has 2 N–H and O–H groups in total. The van der Waals surface area contributed by atoms with E-state index >= 15 is 0 Å². The van der Waals surface area contributed by atoms with E-state index in [4.69, 9.17) is 9.84 Å². The van der Waals surface area contributed by atoms with E-state index in [-0.39, 0.29) is 18.4 Å². The van der Waals surface area contributed by atoms with E-state index < -0.39 is 29.9 Å². The Bertz CT molecular complexity index is 700. The highest BCUT2D eigenvalue weighted by atomic mass is 16.5. The minimum atomic E-state index is -1.10. The topological polar surface area (TPSA) is 95.9 Å². The lowest BCUT2D eigenvalue weighted by Crippen LogP contribution is -2.43. The summed E-state index contributed by atoms with van der Waals surface area (Å²) in [7, 11) is 1.57. The second kappa shape index (κ2) is 6.74. The Hall–Kier alpha value is -2.57. The van der Waals surface area contributed by atoms with Crippen LogP contribution in [0.1, 0.15) is 37.8 Å². The number of carboxylic acids is 1. The molecule has 134 valence electrons. The molecule has 7 heteroatoms. The van der Waals surface area contributed by atoms with E-state index in [0.717, 1.165) is 18.4 Å². The number of carbonyl (C=O) groups is 3. The standard InChI is InChI=1S/C18H22N2O5/c1-10(18(23)24)19-17(22)14-9-15(21)20(12-6-7-12)16(14)11-4-3-5-13(8-11)25-2/h3-5,8,10,12,14,16H,6-7,9H2,1-2H3,(H,19,22)(H,23,24)/t10-,14?,16?/m1/s1. The number of aliphatic carboxylic acids is 1. The summed E-state index contributed by atoms with van der Waals surface area (Å²) >= 11 is 0. The van der Waals surface area contributed by atoms with Crippen LogP contribution in [0.4, 0.5) is 0 Å². The number of methoxy groups -OCH3 is 1. The molecule has 1 saturated carbocycles. The van der Waals surface area contributed by atoms with Gasteiger partial charge in [-0.15, -0.1) is 0 Å². The summed E-state index contributed by atoms with van der Waals surface area (Å²) in [6, 6.07) is 6.12. The molecule has 0 aromatic heterocycles. The Kier molecular flexibility index (Phi) is 4.65. The predicted octanol–water partition coefficient (Wildman–Crippen LogP) is 1.34. The molecule has 1 aliphatic heterocycles. The summed E-state index contributed by atoms with van der Waals surface area (Å²) in [5.74, 6) is -1.51. The molecular weight excluding hydrogens is 324 g/mol. The molecular formula is C18H22N2O5. The smallest absolute Gasteiger partial charge is 0.325 e. The largest absolute Gasteiger partial charge is 0.497 e. The van der Waals surface area contributed by atoms with Crippen molar-refractivity contribution in [1.82, 2.24) is 10.2 Å². The fraction of sp³-hybridized carbons (Fsp3) is 0.500. The van der Waals surface area contributed by atoms with Crippen LogP contribution >= 0.6 is 0 Å². The van der Waals surface area contributed by atoms with Gasteiger partial charge in [-0.25, -0.2) is 0 Å². The molecule has 2 amide bonds. The van der Waals surface area contributed by atoms with Gasteiger partial charge in [0.2, 0.25) is 11.8 Å². The first-order valence-electron chi connectivity index (χ1n) is 8.40. The average molecular weight is 346 g/mol. The number of carboxylic acid groups (broad SMARTS) is 1. The minimum absolute atomic E-state index is 0.0570. The van der Waals surface area contributed by atoms with Gasteiger partial charge in [0.25, 0.3) is 0 Å². The molecule has 1 heterocycles. The van der Waals surface area contributed by atoms with Crippen LogP contribution in [0.5, 0.6) is 5.75 Å². The van der Waals surface area contributed by atoms with Crippen LogP contribution in [0, 0.1) is 5.92 Å². The molecule has 1 aliphatic carbocycles. The molecule has 3 rings (SSSR count). The van der Waals surface area contributed by atoms with Crippen molar-refractivity contribution in [2.24, 2.45) is 5.92 Å². The molecule has 3 atom stereocenters. The molecule has 1 saturated heterocycles. The van der Waals surface area contributed by atoms with E-state index in [1.807, 2.05) is 24.3 Å². The highest BCUT2D eigenvalue weighted by molar-refractivity contribution is 5.92. The first kappa shape index (κ1) is 17.3. The third-order valence-corrected chi connectivity index (χ3v) is 4.80. The van der Waals surface area contributed by atoms with Gasteiger partial charge in [0.1, 0.15) is 11.8 Å². The molecule has 2 fully saturated rings. The van der Waals surface area contributed by atoms with Crippen molar-refractivity contribution >= 4 is 17.8 Å². The normalized spacial score (nSPS) is 24.1. The van der Waals surface area contributed by atoms with Gasteiger partial charge in [-0.3, -0.25) is 14.4 Å². The Balaban J connectivity index is 1.91. The number of likely N-dealkylation sites (tertiary alicyclic amines) is 1. The molecule has 1 aromatic rings. The molecule has 7 nitrogen and oxygen atoms in total. The Labute approximate surface area is 146 Å². The van der Waals surface area contributed by atoms with Gasteiger partial charge in [0.05, 0.1) is 19.1 Å². The van der Waals surface area contributed by atoms with Crippen molar-refractivity contribution in [2.45, 2.75) is 44.3 Å². The Morgan fingerprint density at radius 2 is 2.08 bits per heavy atom. The summed E-state index contributed by atoms with van der Waals surface area (Å²) in [4.78, 5) is 38.0. The molecule has 0 bridgehead atoms. The first-order chi connectivity index (χ1) is 11.9. The number of carbonyl (C=O) groups excluding carboxylic acids is 2. The summed E-state index contributed by atoms with van der Waals surface area (Å²) in [6.07, 6.45) is 1.97. The lowest BCUT2D eigenvalue weighted by atomic mass is 9.92. The molecule has 0 radical (unpaired) electrons. The SMILES string of the molecule is COc1cccc(C2C(C(=O)N[C@H](C)C(=O)O)CC(=O)N2C2CC2)c1.